The summed E-state index contributed by atoms with van der Waals surface area (Å²) in [5, 5.41) is 3.91. The molecule has 3 rings (SSSR count). The fourth-order valence-corrected chi connectivity index (χ4v) is 3.65. The molecule has 1 atom stereocenters. The Labute approximate surface area is 160 Å². The first-order valence-electron chi connectivity index (χ1n) is 9.36. The number of aromatic nitrogens is 1. The van der Waals surface area contributed by atoms with E-state index in [0.717, 1.165) is 50.2 Å². The molecule has 2 heterocycles. The lowest BCUT2D eigenvalue weighted by Crippen LogP contribution is -2.42. The van der Waals surface area contributed by atoms with Gasteiger partial charge in [0.1, 0.15) is 0 Å². The fraction of sp³-hybridized carbons (Fsp3) is 0.429. The summed E-state index contributed by atoms with van der Waals surface area (Å²) in [4.78, 5) is 19.8. The molecule has 1 N–H and O–H groups in total. The van der Waals surface area contributed by atoms with E-state index < -0.39 is 0 Å². The molecule has 138 valence electrons. The topological polar surface area (TPSA) is 45.2 Å². The second kappa shape index (κ2) is 9.15. The summed E-state index contributed by atoms with van der Waals surface area (Å²) in [5.74, 6) is 0.188. The maximum absolute atomic E-state index is 12.9. The van der Waals surface area contributed by atoms with E-state index >= 15 is 0 Å². The van der Waals surface area contributed by atoms with Crippen molar-refractivity contribution < 1.29 is 4.79 Å². The SMILES string of the molecule is CCCN1CCC(C(=O)NC(c2ccc(Cl)cc2)c2ccccn2)CC1. The minimum Gasteiger partial charge on any atom is -0.343 e. The summed E-state index contributed by atoms with van der Waals surface area (Å²) < 4.78 is 0. The molecule has 0 spiro atoms. The highest BCUT2D eigenvalue weighted by Gasteiger charge is 2.27. The number of carbonyl (C=O) groups excluding carboxylic acids is 1. The molecule has 1 saturated heterocycles. The standard InChI is InChI=1S/C21H26ClN3O/c1-2-13-25-14-10-17(11-15-25)21(26)24-20(19-5-3-4-12-23-19)16-6-8-18(22)9-7-16/h3-9,12,17,20H,2,10-11,13-15H2,1H3,(H,24,26). The van der Waals surface area contributed by atoms with Crippen LogP contribution in [0.5, 0.6) is 0 Å². The molecular formula is C21H26ClN3O. The summed E-state index contributed by atoms with van der Waals surface area (Å²) in [6.07, 6.45) is 4.76. The Morgan fingerprint density at radius 2 is 1.96 bits per heavy atom. The zero-order valence-electron chi connectivity index (χ0n) is 15.2. The minimum atomic E-state index is -0.255. The lowest BCUT2D eigenvalue weighted by Gasteiger charge is -2.32. The maximum Gasteiger partial charge on any atom is 0.224 e. The molecule has 26 heavy (non-hydrogen) atoms. The van der Waals surface area contributed by atoms with Crippen molar-refractivity contribution in [1.82, 2.24) is 15.2 Å². The molecule has 0 aliphatic carbocycles. The monoisotopic (exact) mass is 371 g/mol. The second-order valence-electron chi connectivity index (χ2n) is 6.86. The number of likely N-dealkylation sites (tertiary alicyclic amines) is 1. The van der Waals surface area contributed by atoms with E-state index in [0.29, 0.717) is 5.02 Å². The highest BCUT2D eigenvalue weighted by molar-refractivity contribution is 6.30. The van der Waals surface area contributed by atoms with Crippen LogP contribution in [0.15, 0.2) is 48.7 Å². The third kappa shape index (κ3) is 4.83. The predicted molar refractivity (Wildman–Crippen MR) is 105 cm³/mol. The molecule has 1 aliphatic rings. The summed E-state index contributed by atoms with van der Waals surface area (Å²) in [5.41, 5.74) is 1.83. The van der Waals surface area contributed by atoms with Crippen molar-refractivity contribution in [1.29, 1.82) is 0 Å². The van der Waals surface area contributed by atoms with Crippen molar-refractivity contribution in [2.45, 2.75) is 32.2 Å². The van der Waals surface area contributed by atoms with Crippen LogP contribution in [0.25, 0.3) is 0 Å². The average molecular weight is 372 g/mol. The molecule has 0 radical (unpaired) electrons. The first kappa shape index (κ1) is 18.9. The van der Waals surface area contributed by atoms with E-state index in [2.05, 4.69) is 22.1 Å². The van der Waals surface area contributed by atoms with Crippen LogP contribution in [0.2, 0.25) is 5.02 Å². The van der Waals surface area contributed by atoms with Crippen LogP contribution in [0.1, 0.15) is 43.5 Å². The number of benzene rings is 1. The Balaban J connectivity index is 1.72. The molecule has 0 bridgehead atoms. The van der Waals surface area contributed by atoms with Gasteiger partial charge in [-0.25, -0.2) is 0 Å². The number of hydrogen-bond acceptors (Lipinski definition) is 3. The van der Waals surface area contributed by atoms with Crippen LogP contribution in [-0.4, -0.2) is 35.4 Å². The van der Waals surface area contributed by atoms with Gasteiger partial charge in [-0.1, -0.05) is 36.7 Å². The van der Waals surface area contributed by atoms with Crippen LogP contribution >= 0.6 is 11.6 Å². The molecule has 1 aromatic heterocycles. The fourth-order valence-electron chi connectivity index (χ4n) is 3.53. The van der Waals surface area contributed by atoms with Crippen molar-refractivity contribution in [3.05, 3.63) is 64.9 Å². The smallest absolute Gasteiger partial charge is 0.224 e. The third-order valence-corrected chi connectivity index (χ3v) is 5.22. The van der Waals surface area contributed by atoms with Crippen molar-refractivity contribution >= 4 is 17.5 Å². The highest BCUT2D eigenvalue weighted by atomic mass is 35.5. The summed E-state index contributed by atoms with van der Waals surface area (Å²) in [7, 11) is 0. The van der Waals surface area contributed by atoms with E-state index in [1.54, 1.807) is 6.20 Å². The van der Waals surface area contributed by atoms with Gasteiger partial charge >= 0.3 is 0 Å². The highest BCUT2D eigenvalue weighted by Crippen LogP contribution is 2.24. The maximum atomic E-state index is 12.9. The largest absolute Gasteiger partial charge is 0.343 e. The van der Waals surface area contributed by atoms with Gasteiger partial charge in [-0.05, 0) is 68.7 Å². The van der Waals surface area contributed by atoms with Crippen LogP contribution in [0.4, 0.5) is 0 Å². The van der Waals surface area contributed by atoms with Crippen LogP contribution in [-0.2, 0) is 4.79 Å². The van der Waals surface area contributed by atoms with Crippen molar-refractivity contribution in [3.8, 4) is 0 Å². The Bertz CT molecular complexity index is 697. The number of pyridine rings is 1. The number of rotatable bonds is 6. The van der Waals surface area contributed by atoms with Gasteiger partial charge in [0.25, 0.3) is 0 Å². The first-order valence-corrected chi connectivity index (χ1v) is 9.74. The van der Waals surface area contributed by atoms with E-state index in [4.69, 9.17) is 11.6 Å². The molecule has 4 nitrogen and oxygen atoms in total. The number of amides is 1. The lowest BCUT2D eigenvalue weighted by molar-refractivity contribution is -0.127. The molecule has 1 fully saturated rings. The number of piperidine rings is 1. The second-order valence-corrected chi connectivity index (χ2v) is 7.30. The Morgan fingerprint density at radius 3 is 2.58 bits per heavy atom. The molecular weight excluding hydrogens is 346 g/mol. The molecule has 1 amide bonds. The van der Waals surface area contributed by atoms with Gasteiger partial charge in [0, 0.05) is 17.1 Å². The van der Waals surface area contributed by atoms with Crippen molar-refractivity contribution in [2.75, 3.05) is 19.6 Å². The average Bonchev–Trinajstić information content (AvgIpc) is 2.68. The van der Waals surface area contributed by atoms with Gasteiger partial charge in [-0.3, -0.25) is 9.78 Å². The Kier molecular flexibility index (Phi) is 6.64. The predicted octanol–water partition coefficient (Wildman–Crippen LogP) is 4.06. The Morgan fingerprint density at radius 1 is 1.23 bits per heavy atom. The number of nitrogens with one attached hydrogen (secondary N) is 1. The zero-order chi connectivity index (χ0) is 18.4. The summed E-state index contributed by atoms with van der Waals surface area (Å²) >= 11 is 6.02. The molecule has 2 aromatic rings. The van der Waals surface area contributed by atoms with Gasteiger partial charge in [-0.2, -0.15) is 0 Å². The van der Waals surface area contributed by atoms with Crippen molar-refractivity contribution in [2.24, 2.45) is 5.92 Å². The Hall–Kier alpha value is -1.91. The van der Waals surface area contributed by atoms with E-state index in [1.165, 1.54) is 0 Å². The summed E-state index contributed by atoms with van der Waals surface area (Å²) in [6, 6.07) is 13.1. The third-order valence-electron chi connectivity index (χ3n) is 4.97. The normalized spacial score (nSPS) is 17.0. The van der Waals surface area contributed by atoms with Gasteiger partial charge in [-0.15, -0.1) is 0 Å². The van der Waals surface area contributed by atoms with Gasteiger partial charge in [0.05, 0.1) is 11.7 Å². The van der Waals surface area contributed by atoms with E-state index in [1.807, 2.05) is 42.5 Å². The number of halogens is 1. The molecule has 1 aliphatic heterocycles. The molecule has 1 aromatic carbocycles. The molecule has 0 saturated carbocycles. The van der Waals surface area contributed by atoms with Gasteiger partial charge in [0.15, 0.2) is 0 Å². The molecule has 5 heteroatoms. The van der Waals surface area contributed by atoms with Crippen LogP contribution in [0.3, 0.4) is 0 Å². The van der Waals surface area contributed by atoms with Crippen molar-refractivity contribution in [3.63, 3.8) is 0 Å². The van der Waals surface area contributed by atoms with Gasteiger partial charge < -0.3 is 10.2 Å². The van der Waals surface area contributed by atoms with Crippen LogP contribution < -0.4 is 5.32 Å². The number of carbonyl (C=O) groups is 1. The van der Waals surface area contributed by atoms with Crippen LogP contribution in [0, 0.1) is 5.92 Å². The lowest BCUT2D eigenvalue weighted by atomic mass is 9.94. The van der Waals surface area contributed by atoms with E-state index in [9.17, 15) is 4.79 Å². The molecule has 1 unspecified atom stereocenters. The number of nitrogens with zero attached hydrogens (tertiary/aromatic N) is 2. The van der Waals surface area contributed by atoms with E-state index in [-0.39, 0.29) is 17.9 Å². The minimum absolute atomic E-state index is 0.0709. The van der Waals surface area contributed by atoms with Gasteiger partial charge in [0.2, 0.25) is 5.91 Å². The first-order chi connectivity index (χ1) is 12.7. The number of hydrogen-bond donors (Lipinski definition) is 1. The quantitative estimate of drug-likeness (QED) is 0.832. The summed E-state index contributed by atoms with van der Waals surface area (Å²) in [6.45, 7) is 5.32. The zero-order valence-corrected chi connectivity index (χ0v) is 16.0.